The van der Waals surface area contributed by atoms with Crippen LogP contribution in [0.5, 0.6) is 5.75 Å². The first-order chi connectivity index (χ1) is 9.70. The molecule has 0 aromatic heterocycles. The van der Waals surface area contributed by atoms with Crippen molar-refractivity contribution < 1.29 is 9.53 Å². The third kappa shape index (κ3) is 3.75. The van der Waals surface area contributed by atoms with E-state index in [2.05, 4.69) is 5.32 Å². The van der Waals surface area contributed by atoms with Crippen molar-refractivity contribution in [3.63, 3.8) is 0 Å². The van der Waals surface area contributed by atoms with Crippen LogP contribution in [0.1, 0.15) is 22.8 Å². The summed E-state index contributed by atoms with van der Waals surface area (Å²) in [7, 11) is 0. The maximum Gasteiger partial charge on any atom is 0.251 e. The lowest BCUT2D eigenvalue weighted by Gasteiger charge is -2.08. The van der Waals surface area contributed by atoms with Crippen LogP contribution >= 0.6 is 11.6 Å². The third-order valence-electron chi connectivity index (χ3n) is 2.82. The summed E-state index contributed by atoms with van der Waals surface area (Å²) >= 11 is 6.04. The molecule has 0 aliphatic heterocycles. The van der Waals surface area contributed by atoms with Gasteiger partial charge < -0.3 is 10.1 Å². The molecule has 20 heavy (non-hydrogen) atoms. The van der Waals surface area contributed by atoms with E-state index in [1.165, 1.54) is 0 Å². The minimum absolute atomic E-state index is 0.132. The average molecular weight is 290 g/mol. The molecule has 0 saturated heterocycles. The van der Waals surface area contributed by atoms with Gasteiger partial charge in [0.05, 0.1) is 6.61 Å². The molecule has 0 spiro atoms. The molecule has 0 bridgehead atoms. The van der Waals surface area contributed by atoms with E-state index in [1.54, 1.807) is 30.3 Å². The first-order valence-corrected chi connectivity index (χ1v) is 6.83. The number of benzene rings is 2. The molecule has 1 N–H and O–H groups in total. The molecule has 0 aliphatic carbocycles. The van der Waals surface area contributed by atoms with Crippen LogP contribution in [-0.2, 0) is 6.54 Å². The number of carbonyl (C=O) groups is 1. The fourth-order valence-corrected chi connectivity index (χ4v) is 1.99. The van der Waals surface area contributed by atoms with Gasteiger partial charge in [-0.25, -0.2) is 0 Å². The number of nitrogens with one attached hydrogen (secondary N) is 1. The number of hydrogen-bond donors (Lipinski definition) is 1. The lowest BCUT2D eigenvalue weighted by molar-refractivity contribution is 0.0951. The van der Waals surface area contributed by atoms with E-state index in [9.17, 15) is 4.79 Å². The van der Waals surface area contributed by atoms with Gasteiger partial charge in [-0.1, -0.05) is 29.8 Å². The van der Waals surface area contributed by atoms with Crippen molar-refractivity contribution in [2.45, 2.75) is 13.5 Å². The van der Waals surface area contributed by atoms with E-state index >= 15 is 0 Å². The predicted molar refractivity (Wildman–Crippen MR) is 80.2 cm³/mol. The first-order valence-electron chi connectivity index (χ1n) is 6.45. The second kappa shape index (κ2) is 6.96. The van der Waals surface area contributed by atoms with E-state index in [0.29, 0.717) is 23.7 Å². The molecule has 104 valence electrons. The molecule has 0 fully saturated rings. The molecule has 2 aromatic carbocycles. The van der Waals surface area contributed by atoms with Crippen LogP contribution < -0.4 is 10.1 Å². The van der Waals surface area contributed by atoms with Gasteiger partial charge in [0.15, 0.2) is 0 Å². The van der Waals surface area contributed by atoms with Crippen LogP contribution in [0.15, 0.2) is 48.5 Å². The predicted octanol–water partition coefficient (Wildman–Crippen LogP) is 3.67. The molecule has 2 aromatic rings. The van der Waals surface area contributed by atoms with E-state index in [-0.39, 0.29) is 5.91 Å². The number of amides is 1. The largest absolute Gasteiger partial charge is 0.494 e. The topological polar surface area (TPSA) is 38.3 Å². The Balaban J connectivity index is 1.96. The van der Waals surface area contributed by atoms with Crippen LogP contribution in [-0.4, -0.2) is 12.5 Å². The Morgan fingerprint density at radius 1 is 1.15 bits per heavy atom. The lowest BCUT2D eigenvalue weighted by atomic mass is 10.2. The first kappa shape index (κ1) is 14.4. The van der Waals surface area contributed by atoms with Gasteiger partial charge in [-0.05, 0) is 42.8 Å². The Labute approximate surface area is 123 Å². The van der Waals surface area contributed by atoms with Gasteiger partial charge in [-0.3, -0.25) is 4.79 Å². The van der Waals surface area contributed by atoms with Crippen molar-refractivity contribution in [3.05, 3.63) is 64.7 Å². The maximum absolute atomic E-state index is 12.0. The molecular weight excluding hydrogens is 274 g/mol. The average Bonchev–Trinajstić information content (AvgIpc) is 2.47. The number of rotatable bonds is 5. The molecular formula is C16H16ClNO2. The van der Waals surface area contributed by atoms with Crippen molar-refractivity contribution in [2.24, 2.45) is 0 Å². The zero-order valence-electron chi connectivity index (χ0n) is 11.2. The Hall–Kier alpha value is -2.00. The fourth-order valence-electron chi connectivity index (χ4n) is 1.79. The summed E-state index contributed by atoms with van der Waals surface area (Å²) in [6, 6.07) is 14.5. The van der Waals surface area contributed by atoms with Crippen molar-refractivity contribution in [1.82, 2.24) is 5.32 Å². The summed E-state index contributed by atoms with van der Waals surface area (Å²) in [4.78, 5) is 12.0. The standard InChI is InChI=1S/C16H16ClNO2/c1-2-20-14-9-7-12(8-10-14)16(19)18-11-13-5-3-4-6-15(13)17/h3-10H,2,11H2,1H3,(H,18,19). The van der Waals surface area contributed by atoms with Gasteiger partial charge in [0.25, 0.3) is 5.91 Å². The van der Waals surface area contributed by atoms with E-state index in [4.69, 9.17) is 16.3 Å². The SMILES string of the molecule is CCOc1ccc(C(=O)NCc2ccccc2Cl)cc1. The molecule has 0 aliphatic rings. The quantitative estimate of drug-likeness (QED) is 0.912. The summed E-state index contributed by atoms with van der Waals surface area (Å²) in [5.41, 5.74) is 1.49. The van der Waals surface area contributed by atoms with Crippen LogP contribution in [0.3, 0.4) is 0 Å². The normalized spacial score (nSPS) is 10.1. The second-order valence-electron chi connectivity index (χ2n) is 4.23. The highest BCUT2D eigenvalue weighted by atomic mass is 35.5. The molecule has 0 saturated carbocycles. The third-order valence-corrected chi connectivity index (χ3v) is 3.19. The number of hydrogen-bond acceptors (Lipinski definition) is 2. The molecule has 0 unspecified atom stereocenters. The smallest absolute Gasteiger partial charge is 0.251 e. The van der Waals surface area contributed by atoms with Gasteiger partial charge in [-0.2, -0.15) is 0 Å². The highest BCUT2D eigenvalue weighted by Gasteiger charge is 2.06. The van der Waals surface area contributed by atoms with Gasteiger partial charge in [0.1, 0.15) is 5.75 Å². The molecule has 0 atom stereocenters. The molecule has 1 amide bonds. The van der Waals surface area contributed by atoms with E-state index < -0.39 is 0 Å². The Bertz CT molecular complexity index is 581. The summed E-state index contributed by atoms with van der Waals surface area (Å²) in [5, 5.41) is 3.50. The van der Waals surface area contributed by atoms with E-state index in [1.807, 2.05) is 25.1 Å². The summed E-state index contributed by atoms with van der Waals surface area (Å²) in [6.45, 7) is 2.94. The van der Waals surface area contributed by atoms with E-state index in [0.717, 1.165) is 11.3 Å². The van der Waals surface area contributed by atoms with Crippen LogP contribution in [0, 0.1) is 0 Å². The van der Waals surface area contributed by atoms with Crippen molar-refractivity contribution in [2.75, 3.05) is 6.61 Å². The lowest BCUT2D eigenvalue weighted by Crippen LogP contribution is -2.22. The Morgan fingerprint density at radius 3 is 2.50 bits per heavy atom. The fraction of sp³-hybridized carbons (Fsp3) is 0.188. The van der Waals surface area contributed by atoms with Gasteiger partial charge in [0, 0.05) is 17.1 Å². The summed E-state index contributed by atoms with van der Waals surface area (Å²) in [5.74, 6) is 0.628. The van der Waals surface area contributed by atoms with Crippen LogP contribution in [0.4, 0.5) is 0 Å². The van der Waals surface area contributed by atoms with Crippen LogP contribution in [0.25, 0.3) is 0 Å². The monoisotopic (exact) mass is 289 g/mol. The van der Waals surface area contributed by atoms with Gasteiger partial charge in [-0.15, -0.1) is 0 Å². The number of carbonyl (C=O) groups excluding carboxylic acids is 1. The van der Waals surface area contributed by atoms with Gasteiger partial charge >= 0.3 is 0 Å². The van der Waals surface area contributed by atoms with Gasteiger partial charge in [0.2, 0.25) is 0 Å². The number of ether oxygens (including phenoxy) is 1. The highest BCUT2D eigenvalue weighted by molar-refractivity contribution is 6.31. The minimum Gasteiger partial charge on any atom is -0.494 e. The van der Waals surface area contributed by atoms with Crippen molar-refractivity contribution >= 4 is 17.5 Å². The Kier molecular flexibility index (Phi) is 5.02. The molecule has 0 radical (unpaired) electrons. The molecule has 4 heteroatoms. The number of halogens is 1. The highest BCUT2D eigenvalue weighted by Crippen LogP contribution is 2.15. The molecule has 0 heterocycles. The van der Waals surface area contributed by atoms with Crippen molar-refractivity contribution in [3.8, 4) is 5.75 Å². The maximum atomic E-state index is 12.0. The summed E-state index contributed by atoms with van der Waals surface area (Å²) < 4.78 is 5.34. The Morgan fingerprint density at radius 2 is 1.85 bits per heavy atom. The molecule has 2 rings (SSSR count). The van der Waals surface area contributed by atoms with Crippen LogP contribution in [0.2, 0.25) is 5.02 Å². The summed E-state index contributed by atoms with van der Waals surface area (Å²) in [6.07, 6.45) is 0. The molecule has 3 nitrogen and oxygen atoms in total. The zero-order valence-corrected chi connectivity index (χ0v) is 12.0. The second-order valence-corrected chi connectivity index (χ2v) is 4.64. The van der Waals surface area contributed by atoms with Crippen molar-refractivity contribution in [1.29, 1.82) is 0 Å². The zero-order chi connectivity index (χ0) is 14.4. The minimum atomic E-state index is -0.132.